The summed E-state index contributed by atoms with van der Waals surface area (Å²) in [4.78, 5) is 19.2. The number of imidazole rings is 1. The van der Waals surface area contributed by atoms with Gasteiger partial charge in [0.15, 0.2) is 0 Å². The summed E-state index contributed by atoms with van der Waals surface area (Å²) in [7, 11) is 0. The lowest BCUT2D eigenvalue weighted by Crippen LogP contribution is -2.54. The number of hydrogen-bond donors (Lipinski definition) is 0. The van der Waals surface area contributed by atoms with Crippen molar-refractivity contribution in [2.24, 2.45) is 0 Å². The number of fused-ring (bicyclic) bond motifs is 1. The van der Waals surface area contributed by atoms with E-state index in [1.807, 2.05) is 33.9 Å². The summed E-state index contributed by atoms with van der Waals surface area (Å²) < 4.78 is 7.90. The van der Waals surface area contributed by atoms with Gasteiger partial charge in [-0.15, -0.1) is 0 Å². The quantitative estimate of drug-likeness (QED) is 0.872. The molecule has 1 aromatic heterocycles. The molecule has 2 aromatic rings. The Morgan fingerprint density at radius 1 is 1.29 bits per heavy atom. The van der Waals surface area contributed by atoms with Gasteiger partial charge in [-0.3, -0.25) is 4.79 Å². The minimum absolute atomic E-state index is 0.141. The Morgan fingerprint density at radius 3 is 3.08 bits per heavy atom. The Hall–Kier alpha value is -2.14. The molecule has 1 aliphatic heterocycles. The molecule has 4 rings (SSSR count). The van der Waals surface area contributed by atoms with Crippen LogP contribution in [0.1, 0.15) is 41.6 Å². The fourth-order valence-electron chi connectivity index (χ4n) is 3.91. The van der Waals surface area contributed by atoms with Gasteiger partial charge in [-0.1, -0.05) is 25.0 Å². The molecular formula is C19H23N3O2. The molecule has 0 unspecified atom stereocenters. The maximum Gasteiger partial charge on any atom is 0.254 e. The van der Waals surface area contributed by atoms with Gasteiger partial charge in [0.25, 0.3) is 5.91 Å². The second-order valence-electron chi connectivity index (χ2n) is 6.69. The molecular weight excluding hydrogens is 302 g/mol. The van der Waals surface area contributed by atoms with Crippen LogP contribution in [0.2, 0.25) is 0 Å². The van der Waals surface area contributed by atoms with Crippen molar-refractivity contribution in [2.45, 2.75) is 44.4 Å². The highest BCUT2D eigenvalue weighted by Crippen LogP contribution is 2.29. The minimum Gasteiger partial charge on any atom is -0.374 e. The predicted molar refractivity (Wildman–Crippen MR) is 90.8 cm³/mol. The molecule has 0 N–H and O–H groups in total. The maximum atomic E-state index is 13.1. The Kier molecular flexibility index (Phi) is 4.34. The molecule has 2 heterocycles. The Balaban J connectivity index is 1.53. The zero-order chi connectivity index (χ0) is 16.4. The highest BCUT2D eigenvalue weighted by Gasteiger charge is 2.36. The summed E-state index contributed by atoms with van der Waals surface area (Å²) in [5.41, 5.74) is 1.89. The molecule has 0 radical (unpaired) electrons. The van der Waals surface area contributed by atoms with E-state index in [1.54, 1.807) is 12.5 Å². The topological polar surface area (TPSA) is 47.4 Å². The SMILES string of the molecule is O=C(c1cccc(Cn2ccnc2)c1)N1CCO[C@H]2CCCC[C@@H]21. The molecule has 2 aliphatic rings. The van der Waals surface area contributed by atoms with Crippen LogP contribution in [0.4, 0.5) is 0 Å². The lowest BCUT2D eigenvalue weighted by atomic mass is 9.89. The minimum atomic E-state index is 0.141. The van der Waals surface area contributed by atoms with Gasteiger partial charge in [-0.25, -0.2) is 4.98 Å². The van der Waals surface area contributed by atoms with Crippen LogP contribution in [0, 0.1) is 0 Å². The fourth-order valence-corrected chi connectivity index (χ4v) is 3.91. The second kappa shape index (κ2) is 6.77. The Bertz CT molecular complexity index is 696. The van der Waals surface area contributed by atoms with Crippen molar-refractivity contribution < 1.29 is 9.53 Å². The van der Waals surface area contributed by atoms with E-state index in [0.29, 0.717) is 13.2 Å². The van der Waals surface area contributed by atoms with Crippen molar-refractivity contribution in [1.82, 2.24) is 14.5 Å². The molecule has 2 fully saturated rings. The van der Waals surface area contributed by atoms with Gasteiger partial charge in [0.05, 0.1) is 25.1 Å². The Labute approximate surface area is 142 Å². The third kappa shape index (κ3) is 3.08. The molecule has 24 heavy (non-hydrogen) atoms. The third-order valence-corrected chi connectivity index (χ3v) is 5.09. The number of amides is 1. The van der Waals surface area contributed by atoms with Crippen LogP contribution in [0.5, 0.6) is 0 Å². The van der Waals surface area contributed by atoms with Gasteiger partial charge in [-0.05, 0) is 30.5 Å². The van der Waals surface area contributed by atoms with Gasteiger partial charge >= 0.3 is 0 Å². The highest BCUT2D eigenvalue weighted by atomic mass is 16.5. The zero-order valence-corrected chi connectivity index (χ0v) is 13.8. The highest BCUT2D eigenvalue weighted by molar-refractivity contribution is 5.94. The zero-order valence-electron chi connectivity index (χ0n) is 13.8. The molecule has 1 aliphatic carbocycles. The van der Waals surface area contributed by atoms with Crippen LogP contribution in [0.15, 0.2) is 43.0 Å². The molecule has 2 atom stereocenters. The van der Waals surface area contributed by atoms with Crippen LogP contribution >= 0.6 is 0 Å². The van der Waals surface area contributed by atoms with E-state index in [0.717, 1.165) is 30.5 Å². The molecule has 1 aromatic carbocycles. The summed E-state index contributed by atoms with van der Waals surface area (Å²) in [6, 6.07) is 8.21. The second-order valence-corrected chi connectivity index (χ2v) is 6.69. The number of morpholine rings is 1. The van der Waals surface area contributed by atoms with Crippen LogP contribution in [0.3, 0.4) is 0 Å². The van der Waals surface area contributed by atoms with E-state index in [2.05, 4.69) is 11.1 Å². The molecule has 1 saturated heterocycles. The summed E-state index contributed by atoms with van der Waals surface area (Å²) in [5.74, 6) is 0.141. The van der Waals surface area contributed by atoms with Gasteiger partial charge in [0.2, 0.25) is 0 Å². The van der Waals surface area contributed by atoms with Crippen LogP contribution in [0.25, 0.3) is 0 Å². The van der Waals surface area contributed by atoms with Crippen molar-refractivity contribution in [3.05, 3.63) is 54.1 Å². The number of rotatable bonds is 3. The first-order valence-electron chi connectivity index (χ1n) is 8.78. The van der Waals surface area contributed by atoms with E-state index < -0.39 is 0 Å². The number of nitrogens with zero attached hydrogens (tertiary/aromatic N) is 3. The lowest BCUT2D eigenvalue weighted by Gasteiger charge is -2.43. The molecule has 126 valence electrons. The maximum absolute atomic E-state index is 13.1. The first kappa shape index (κ1) is 15.4. The average Bonchev–Trinajstić information content (AvgIpc) is 3.14. The van der Waals surface area contributed by atoms with Crippen LogP contribution in [-0.2, 0) is 11.3 Å². The van der Waals surface area contributed by atoms with Crippen molar-refractivity contribution >= 4 is 5.91 Å². The van der Waals surface area contributed by atoms with E-state index in [9.17, 15) is 4.79 Å². The summed E-state index contributed by atoms with van der Waals surface area (Å²) in [6.45, 7) is 2.09. The number of carbonyl (C=O) groups excluding carboxylic acids is 1. The van der Waals surface area contributed by atoms with Gasteiger partial charge < -0.3 is 14.2 Å². The van der Waals surface area contributed by atoms with Crippen LogP contribution in [-0.4, -0.2) is 45.7 Å². The molecule has 0 bridgehead atoms. The van der Waals surface area contributed by atoms with Gasteiger partial charge in [0.1, 0.15) is 0 Å². The number of ether oxygens (including phenoxy) is 1. The first-order valence-corrected chi connectivity index (χ1v) is 8.78. The average molecular weight is 325 g/mol. The fraction of sp³-hybridized carbons (Fsp3) is 0.474. The molecule has 1 saturated carbocycles. The number of hydrogen-bond acceptors (Lipinski definition) is 3. The summed E-state index contributed by atoms with van der Waals surface area (Å²) in [5, 5.41) is 0. The first-order chi connectivity index (χ1) is 11.8. The molecule has 1 amide bonds. The smallest absolute Gasteiger partial charge is 0.254 e. The third-order valence-electron chi connectivity index (χ3n) is 5.09. The molecule has 0 spiro atoms. The number of aromatic nitrogens is 2. The van der Waals surface area contributed by atoms with Gasteiger partial charge in [-0.2, -0.15) is 0 Å². The van der Waals surface area contributed by atoms with Crippen molar-refractivity contribution in [2.75, 3.05) is 13.2 Å². The van der Waals surface area contributed by atoms with E-state index in [4.69, 9.17) is 4.74 Å². The van der Waals surface area contributed by atoms with E-state index in [-0.39, 0.29) is 18.1 Å². The largest absolute Gasteiger partial charge is 0.374 e. The molecule has 5 heteroatoms. The number of carbonyl (C=O) groups is 1. The lowest BCUT2D eigenvalue weighted by molar-refractivity contribution is -0.0752. The summed E-state index contributed by atoms with van der Waals surface area (Å²) >= 11 is 0. The van der Waals surface area contributed by atoms with Gasteiger partial charge in [0, 0.05) is 31.0 Å². The van der Waals surface area contributed by atoms with Crippen molar-refractivity contribution in [3.63, 3.8) is 0 Å². The van der Waals surface area contributed by atoms with E-state index in [1.165, 1.54) is 12.8 Å². The standard InChI is InChI=1S/C19H23N3O2/c23-19(22-10-11-24-18-7-2-1-6-17(18)22)16-5-3-4-15(12-16)13-21-9-8-20-14-21/h3-5,8-9,12,14,17-18H,1-2,6-7,10-11,13H2/t17-,18-/m0/s1. The van der Waals surface area contributed by atoms with Crippen LogP contribution < -0.4 is 0 Å². The van der Waals surface area contributed by atoms with Crippen molar-refractivity contribution in [1.29, 1.82) is 0 Å². The monoisotopic (exact) mass is 325 g/mol. The summed E-state index contributed by atoms with van der Waals surface area (Å²) in [6.07, 6.45) is 10.3. The Morgan fingerprint density at radius 2 is 2.21 bits per heavy atom. The molecule has 5 nitrogen and oxygen atoms in total. The van der Waals surface area contributed by atoms with Crippen molar-refractivity contribution in [3.8, 4) is 0 Å². The predicted octanol–water partition coefficient (Wildman–Crippen LogP) is 2.72. The van der Waals surface area contributed by atoms with E-state index >= 15 is 0 Å². The number of benzene rings is 1. The normalized spacial score (nSPS) is 23.8.